The molecule has 4 aromatic rings. The second kappa shape index (κ2) is 7.14. The normalized spacial score (nSPS) is 14.4. The Morgan fingerprint density at radius 2 is 1.83 bits per heavy atom. The zero-order valence-electron chi connectivity index (χ0n) is 15.4. The standard InChI is InChI=1S/C21H16FN5O2/c22-17-4-2-1-3-13(17)18-14-11-15(21(28)27-7-9-29-10-8-27)20-16(12-25-26-20)19(14)24-6-5-23-18/h1-6,11-12H,7-10H2. The molecule has 8 heteroatoms. The molecule has 1 aliphatic heterocycles. The van der Waals surface area contributed by atoms with Crippen molar-refractivity contribution in [3.63, 3.8) is 0 Å². The molecule has 0 spiro atoms. The van der Waals surface area contributed by atoms with Gasteiger partial charge in [-0.05, 0) is 18.2 Å². The maximum Gasteiger partial charge on any atom is 0.256 e. The molecule has 29 heavy (non-hydrogen) atoms. The van der Waals surface area contributed by atoms with Gasteiger partial charge in [0.05, 0.1) is 36.2 Å². The highest BCUT2D eigenvalue weighted by Gasteiger charge is 2.24. The van der Waals surface area contributed by atoms with Gasteiger partial charge in [0, 0.05) is 41.8 Å². The van der Waals surface area contributed by atoms with Crippen LogP contribution in [0.1, 0.15) is 10.4 Å². The minimum absolute atomic E-state index is 0.160. The summed E-state index contributed by atoms with van der Waals surface area (Å²) in [6.45, 7) is 2.00. The van der Waals surface area contributed by atoms with E-state index in [1.807, 2.05) is 0 Å². The van der Waals surface area contributed by atoms with Crippen LogP contribution in [0.3, 0.4) is 0 Å². The Morgan fingerprint density at radius 3 is 2.66 bits per heavy atom. The van der Waals surface area contributed by atoms with Gasteiger partial charge in [-0.1, -0.05) is 12.1 Å². The van der Waals surface area contributed by atoms with Crippen LogP contribution in [0, 0.1) is 5.82 Å². The highest BCUT2D eigenvalue weighted by atomic mass is 19.1. The molecule has 0 bridgehead atoms. The van der Waals surface area contributed by atoms with Crippen molar-refractivity contribution in [3.05, 3.63) is 60.3 Å². The molecule has 0 radical (unpaired) electrons. The summed E-state index contributed by atoms with van der Waals surface area (Å²) >= 11 is 0. The Labute approximate surface area is 165 Å². The molecule has 0 aliphatic carbocycles. The molecular weight excluding hydrogens is 373 g/mol. The van der Waals surface area contributed by atoms with Crippen LogP contribution in [-0.4, -0.2) is 57.3 Å². The fraction of sp³-hybridized carbons (Fsp3) is 0.190. The Kier molecular flexibility index (Phi) is 4.33. The van der Waals surface area contributed by atoms with Crippen LogP contribution in [0.4, 0.5) is 4.39 Å². The number of hydrogen-bond donors (Lipinski definition) is 0. The smallest absolute Gasteiger partial charge is 0.256 e. The Morgan fingerprint density at radius 1 is 1.03 bits per heavy atom. The van der Waals surface area contributed by atoms with Crippen LogP contribution < -0.4 is 0 Å². The minimum atomic E-state index is -0.396. The first-order valence-electron chi connectivity index (χ1n) is 9.25. The first-order valence-corrected chi connectivity index (χ1v) is 9.25. The Hall–Kier alpha value is -3.52. The van der Waals surface area contributed by atoms with Crippen molar-refractivity contribution in [1.82, 2.24) is 25.1 Å². The zero-order valence-corrected chi connectivity index (χ0v) is 15.4. The summed E-state index contributed by atoms with van der Waals surface area (Å²) < 4.78 is 19.9. The molecule has 0 N–H and O–H groups in total. The van der Waals surface area contributed by atoms with E-state index >= 15 is 0 Å². The van der Waals surface area contributed by atoms with Gasteiger partial charge in [0.1, 0.15) is 11.3 Å². The van der Waals surface area contributed by atoms with E-state index in [-0.39, 0.29) is 5.91 Å². The lowest BCUT2D eigenvalue weighted by Crippen LogP contribution is -2.40. The maximum absolute atomic E-state index is 14.6. The summed E-state index contributed by atoms with van der Waals surface area (Å²) in [7, 11) is 0. The molecule has 0 atom stereocenters. The average molecular weight is 389 g/mol. The fourth-order valence-electron chi connectivity index (χ4n) is 3.63. The molecule has 3 heterocycles. The highest BCUT2D eigenvalue weighted by molar-refractivity contribution is 6.16. The van der Waals surface area contributed by atoms with E-state index in [0.29, 0.717) is 64.9 Å². The number of fused-ring (bicyclic) bond motifs is 3. The largest absolute Gasteiger partial charge is 0.378 e. The number of amides is 1. The van der Waals surface area contributed by atoms with Crippen LogP contribution >= 0.6 is 0 Å². The summed E-state index contributed by atoms with van der Waals surface area (Å²) in [6.07, 6.45) is 4.63. The highest BCUT2D eigenvalue weighted by Crippen LogP contribution is 2.32. The predicted molar refractivity (Wildman–Crippen MR) is 105 cm³/mol. The van der Waals surface area contributed by atoms with Gasteiger partial charge in [-0.3, -0.25) is 14.8 Å². The van der Waals surface area contributed by atoms with Gasteiger partial charge in [0.2, 0.25) is 0 Å². The second-order valence-electron chi connectivity index (χ2n) is 6.72. The van der Waals surface area contributed by atoms with Crippen molar-refractivity contribution in [2.75, 3.05) is 26.3 Å². The number of halogens is 1. The number of carbonyl (C=O) groups excluding carboxylic acids is 1. The van der Waals surface area contributed by atoms with Gasteiger partial charge in [0.25, 0.3) is 5.91 Å². The van der Waals surface area contributed by atoms with E-state index in [1.165, 1.54) is 12.3 Å². The Balaban J connectivity index is 1.81. The number of benzene rings is 2. The Bertz CT molecular complexity index is 1240. The molecule has 1 saturated heterocycles. The molecule has 0 saturated carbocycles. The molecule has 1 fully saturated rings. The third-order valence-corrected chi connectivity index (χ3v) is 5.04. The van der Waals surface area contributed by atoms with Crippen molar-refractivity contribution < 1.29 is 13.9 Å². The number of aromatic nitrogens is 4. The lowest BCUT2D eigenvalue weighted by molar-refractivity contribution is 0.0304. The van der Waals surface area contributed by atoms with Crippen LogP contribution in [0.15, 0.2) is 48.9 Å². The molecule has 0 unspecified atom stereocenters. The van der Waals surface area contributed by atoms with Crippen molar-refractivity contribution in [3.8, 4) is 11.3 Å². The average Bonchev–Trinajstić information content (AvgIpc) is 3.15. The first-order chi connectivity index (χ1) is 14.2. The van der Waals surface area contributed by atoms with Crippen molar-refractivity contribution in [2.45, 2.75) is 0 Å². The molecule has 1 amide bonds. The van der Waals surface area contributed by atoms with Crippen LogP contribution in [-0.2, 0) is 4.74 Å². The van der Waals surface area contributed by atoms with Gasteiger partial charge >= 0.3 is 0 Å². The first kappa shape index (κ1) is 17.6. The molecular formula is C21H16FN5O2. The zero-order chi connectivity index (χ0) is 19.8. The topological polar surface area (TPSA) is 81.1 Å². The molecule has 7 nitrogen and oxygen atoms in total. The quantitative estimate of drug-likeness (QED) is 0.524. The number of carbonyl (C=O) groups is 1. The van der Waals surface area contributed by atoms with Gasteiger partial charge in [-0.25, -0.2) is 4.39 Å². The SMILES string of the molecule is O=C(c1cc2c(-c3ccccc3F)nccnc2c2cnnc12)N1CCOCC1. The van der Waals surface area contributed by atoms with Crippen molar-refractivity contribution in [2.24, 2.45) is 0 Å². The molecule has 2 aromatic heterocycles. The van der Waals surface area contributed by atoms with E-state index in [4.69, 9.17) is 4.74 Å². The molecule has 1 aliphatic rings. The van der Waals surface area contributed by atoms with E-state index in [9.17, 15) is 9.18 Å². The van der Waals surface area contributed by atoms with Crippen molar-refractivity contribution >= 4 is 27.7 Å². The second-order valence-corrected chi connectivity index (χ2v) is 6.72. The van der Waals surface area contributed by atoms with Crippen LogP contribution in [0.2, 0.25) is 0 Å². The molecule has 5 rings (SSSR count). The van der Waals surface area contributed by atoms with Gasteiger partial charge in [-0.15, -0.1) is 5.10 Å². The predicted octanol–water partition coefficient (Wildman–Crippen LogP) is 2.85. The lowest BCUT2D eigenvalue weighted by Gasteiger charge is -2.27. The van der Waals surface area contributed by atoms with E-state index in [1.54, 1.807) is 41.6 Å². The third kappa shape index (κ3) is 2.98. The lowest BCUT2D eigenvalue weighted by atomic mass is 10.0. The number of hydrogen-bond acceptors (Lipinski definition) is 6. The summed E-state index contributed by atoms with van der Waals surface area (Å²) in [4.78, 5) is 23.8. The van der Waals surface area contributed by atoms with E-state index in [0.717, 1.165) is 0 Å². The van der Waals surface area contributed by atoms with E-state index in [2.05, 4.69) is 20.2 Å². The summed E-state index contributed by atoms with van der Waals surface area (Å²) in [5.74, 6) is -0.556. The van der Waals surface area contributed by atoms with Gasteiger partial charge < -0.3 is 9.64 Å². The van der Waals surface area contributed by atoms with Crippen LogP contribution in [0.5, 0.6) is 0 Å². The fourth-order valence-corrected chi connectivity index (χ4v) is 3.63. The number of morpholine rings is 1. The van der Waals surface area contributed by atoms with Crippen molar-refractivity contribution in [1.29, 1.82) is 0 Å². The monoisotopic (exact) mass is 389 g/mol. The minimum Gasteiger partial charge on any atom is -0.378 e. The third-order valence-electron chi connectivity index (χ3n) is 5.04. The van der Waals surface area contributed by atoms with Crippen LogP contribution in [0.25, 0.3) is 33.1 Å². The number of nitrogens with zero attached hydrogens (tertiary/aromatic N) is 5. The van der Waals surface area contributed by atoms with Gasteiger partial charge in [-0.2, -0.15) is 5.10 Å². The van der Waals surface area contributed by atoms with Gasteiger partial charge in [0.15, 0.2) is 0 Å². The molecule has 144 valence electrons. The summed E-state index contributed by atoms with van der Waals surface area (Å²) in [5.41, 5.74) is 2.20. The summed E-state index contributed by atoms with van der Waals surface area (Å²) in [5, 5.41) is 9.36. The number of rotatable bonds is 2. The maximum atomic E-state index is 14.6. The molecule has 2 aromatic carbocycles. The summed E-state index contributed by atoms with van der Waals surface area (Å²) in [6, 6.07) is 8.11. The number of ether oxygens (including phenoxy) is 1. The van der Waals surface area contributed by atoms with E-state index < -0.39 is 5.82 Å².